The predicted octanol–water partition coefficient (Wildman–Crippen LogP) is 3.50. The highest BCUT2D eigenvalue weighted by molar-refractivity contribution is 5.85. The Morgan fingerprint density at radius 1 is 1.04 bits per heavy atom. The molecule has 2 rings (SSSR count). The average Bonchev–Trinajstić information content (AvgIpc) is 2.66. The molecule has 0 atom stereocenters. The van der Waals surface area contributed by atoms with Crippen LogP contribution < -0.4 is 10.1 Å². The molecule has 0 bridgehead atoms. The molecule has 0 saturated heterocycles. The van der Waals surface area contributed by atoms with Gasteiger partial charge in [0.05, 0.1) is 19.6 Å². The maximum atomic E-state index is 12.4. The van der Waals surface area contributed by atoms with Gasteiger partial charge in [-0.3, -0.25) is 9.59 Å². The Hall–Kier alpha value is -2.82. The van der Waals surface area contributed by atoms with Crippen LogP contribution in [0.5, 0.6) is 5.75 Å². The van der Waals surface area contributed by atoms with Crippen LogP contribution in [0.2, 0.25) is 0 Å². The number of hydrogen-bond donors (Lipinski definition) is 1. The fourth-order valence-electron chi connectivity index (χ4n) is 2.77. The van der Waals surface area contributed by atoms with E-state index in [0.717, 1.165) is 16.9 Å². The minimum atomic E-state index is -0.143. The van der Waals surface area contributed by atoms with Crippen LogP contribution in [0, 0.1) is 0 Å². The first-order valence-corrected chi connectivity index (χ1v) is 9.35. The predicted molar refractivity (Wildman–Crippen MR) is 108 cm³/mol. The van der Waals surface area contributed by atoms with Gasteiger partial charge in [-0.15, -0.1) is 0 Å². The maximum absolute atomic E-state index is 12.4. The number of hydrogen-bond acceptors (Lipinski definition) is 3. The van der Waals surface area contributed by atoms with E-state index in [-0.39, 0.29) is 37.4 Å². The van der Waals surface area contributed by atoms with E-state index in [0.29, 0.717) is 6.54 Å². The van der Waals surface area contributed by atoms with Gasteiger partial charge in [0, 0.05) is 18.2 Å². The molecule has 144 valence electrons. The van der Waals surface area contributed by atoms with Crippen LogP contribution in [-0.4, -0.2) is 42.5 Å². The van der Waals surface area contributed by atoms with Gasteiger partial charge in [-0.25, -0.2) is 0 Å². The van der Waals surface area contributed by atoms with E-state index in [4.69, 9.17) is 4.74 Å². The summed E-state index contributed by atoms with van der Waals surface area (Å²) in [6, 6.07) is 17.8. The molecular formula is C22H28N2O3. The summed E-state index contributed by atoms with van der Waals surface area (Å²) in [5.74, 6) is 0.515. The minimum absolute atomic E-state index is 0.0594. The molecule has 0 aliphatic rings. The fraction of sp³-hybridized carbons (Fsp3) is 0.364. The van der Waals surface area contributed by atoms with Crippen molar-refractivity contribution in [2.75, 3.05) is 19.7 Å². The maximum Gasteiger partial charge on any atom is 0.239 e. The molecule has 0 aliphatic carbocycles. The van der Waals surface area contributed by atoms with Gasteiger partial charge in [-0.1, -0.05) is 48.5 Å². The van der Waals surface area contributed by atoms with Crippen molar-refractivity contribution in [3.8, 4) is 16.9 Å². The van der Waals surface area contributed by atoms with Crippen LogP contribution in [0.4, 0.5) is 0 Å². The molecule has 0 heterocycles. The molecule has 0 spiro atoms. The number of nitrogens with zero attached hydrogens (tertiary/aromatic N) is 1. The Balaban J connectivity index is 1.92. The number of carbonyl (C=O) groups excluding carboxylic acids is 2. The third kappa shape index (κ3) is 6.44. The molecule has 0 aromatic heterocycles. The second kappa shape index (κ2) is 10.4. The van der Waals surface area contributed by atoms with Crippen molar-refractivity contribution in [1.82, 2.24) is 10.2 Å². The standard InChI is InChI=1S/C22H28N2O3/c1-4-24(16-21(25)23-17(2)3)22(26)14-15-27-20-13-9-8-12-19(20)18-10-6-5-7-11-18/h5-13,17H,4,14-16H2,1-3H3,(H,23,25). The van der Waals surface area contributed by atoms with Crippen LogP contribution in [0.25, 0.3) is 11.1 Å². The molecule has 1 N–H and O–H groups in total. The molecule has 0 fully saturated rings. The van der Waals surface area contributed by atoms with E-state index in [1.807, 2.05) is 75.4 Å². The monoisotopic (exact) mass is 368 g/mol. The molecule has 0 radical (unpaired) electrons. The quantitative estimate of drug-likeness (QED) is 0.737. The van der Waals surface area contributed by atoms with E-state index in [1.165, 1.54) is 0 Å². The highest BCUT2D eigenvalue weighted by Crippen LogP contribution is 2.29. The van der Waals surface area contributed by atoms with Crippen LogP contribution in [-0.2, 0) is 9.59 Å². The van der Waals surface area contributed by atoms with Crippen molar-refractivity contribution < 1.29 is 14.3 Å². The summed E-state index contributed by atoms with van der Waals surface area (Å²) in [6.07, 6.45) is 0.228. The van der Waals surface area contributed by atoms with Gasteiger partial charge in [0.25, 0.3) is 0 Å². The van der Waals surface area contributed by atoms with Crippen LogP contribution in [0.3, 0.4) is 0 Å². The zero-order valence-electron chi connectivity index (χ0n) is 16.3. The topological polar surface area (TPSA) is 58.6 Å². The summed E-state index contributed by atoms with van der Waals surface area (Å²) in [5, 5.41) is 2.81. The number of benzene rings is 2. The first-order chi connectivity index (χ1) is 13.0. The lowest BCUT2D eigenvalue weighted by Gasteiger charge is -2.21. The molecular weight excluding hydrogens is 340 g/mol. The zero-order valence-corrected chi connectivity index (χ0v) is 16.3. The third-order valence-electron chi connectivity index (χ3n) is 4.06. The molecule has 2 aromatic rings. The minimum Gasteiger partial charge on any atom is -0.492 e. The first kappa shape index (κ1) is 20.5. The van der Waals surface area contributed by atoms with Crippen LogP contribution in [0.15, 0.2) is 54.6 Å². The van der Waals surface area contributed by atoms with Crippen molar-refractivity contribution >= 4 is 11.8 Å². The molecule has 0 saturated carbocycles. The zero-order chi connectivity index (χ0) is 19.6. The fourth-order valence-corrected chi connectivity index (χ4v) is 2.77. The summed E-state index contributed by atoms with van der Waals surface area (Å²) in [5.41, 5.74) is 2.06. The summed E-state index contributed by atoms with van der Waals surface area (Å²) in [4.78, 5) is 25.8. The molecule has 2 amide bonds. The van der Waals surface area contributed by atoms with Crippen molar-refractivity contribution in [3.05, 3.63) is 54.6 Å². The number of para-hydroxylation sites is 1. The van der Waals surface area contributed by atoms with Crippen molar-refractivity contribution in [2.24, 2.45) is 0 Å². The number of amides is 2. The Morgan fingerprint density at radius 3 is 2.37 bits per heavy atom. The lowest BCUT2D eigenvalue weighted by atomic mass is 10.1. The Labute approximate surface area is 161 Å². The molecule has 27 heavy (non-hydrogen) atoms. The van der Waals surface area contributed by atoms with Gasteiger partial charge >= 0.3 is 0 Å². The van der Waals surface area contributed by atoms with Crippen molar-refractivity contribution in [1.29, 1.82) is 0 Å². The first-order valence-electron chi connectivity index (χ1n) is 9.35. The summed E-state index contributed by atoms with van der Waals surface area (Å²) < 4.78 is 5.88. The van der Waals surface area contributed by atoms with E-state index >= 15 is 0 Å². The molecule has 2 aromatic carbocycles. The molecule has 5 nitrogen and oxygen atoms in total. The summed E-state index contributed by atoms with van der Waals surface area (Å²) in [7, 11) is 0. The molecule has 0 aliphatic heterocycles. The summed E-state index contributed by atoms with van der Waals surface area (Å²) in [6.45, 7) is 6.50. The Morgan fingerprint density at radius 2 is 1.70 bits per heavy atom. The van der Waals surface area contributed by atoms with Crippen LogP contribution in [0.1, 0.15) is 27.2 Å². The van der Waals surface area contributed by atoms with E-state index in [1.54, 1.807) is 4.90 Å². The van der Waals surface area contributed by atoms with E-state index in [9.17, 15) is 9.59 Å². The number of rotatable bonds is 9. The van der Waals surface area contributed by atoms with Gasteiger partial charge in [0.15, 0.2) is 0 Å². The average molecular weight is 368 g/mol. The molecule has 0 unspecified atom stereocenters. The summed E-state index contributed by atoms with van der Waals surface area (Å²) >= 11 is 0. The van der Waals surface area contributed by atoms with Crippen molar-refractivity contribution in [2.45, 2.75) is 33.2 Å². The van der Waals surface area contributed by atoms with Gasteiger partial charge in [-0.2, -0.15) is 0 Å². The largest absolute Gasteiger partial charge is 0.492 e. The Bertz CT molecular complexity index is 744. The van der Waals surface area contributed by atoms with E-state index in [2.05, 4.69) is 5.32 Å². The van der Waals surface area contributed by atoms with E-state index < -0.39 is 0 Å². The van der Waals surface area contributed by atoms with Crippen LogP contribution >= 0.6 is 0 Å². The molecule has 5 heteroatoms. The lowest BCUT2D eigenvalue weighted by Crippen LogP contribution is -2.42. The smallest absolute Gasteiger partial charge is 0.239 e. The second-order valence-corrected chi connectivity index (χ2v) is 6.59. The second-order valence-electron chi connectivity index (χ2n) is 6.59. The third-order valence-corrected chi connectivity index (χ3v) is 4.06. The number of carbonyl (C=O) groups is 2. The van der Waals surface area contributed by atoms with Crippen molar-refractivity contribution in [3.63, 3.8) is 0 Å². The number of nitrogens with one attached hydrogen (secondary N) is 1. The number of ether oxygens (including phenoxy) is 1. The van der Waals surface area contributed by atoms with Gasteiger partial charge in [0.1, 0.15) is 5.75 Å². The highest BCUT2D eigenvalue weighted by Gasteiger charge is 2.16. The SMILES string of the molecule is CCN(CC(=O)NC(C)C)C(=O)CCOc1ccccc1-c1ccccc1. The number of likely N-dealkylation sites (N-methyl/N-ethyl adjacent to an activating group) is 1. The lowest BCUT2D eigenvalue weighted by molar-refractivity contribution is -0.136. The normalized spacial score (nSPS) is 10.5. The van der Waals surface area contributed by atoms with Gasteiger partial charge < -0.3 is 15.0 Å². The highest BCUT2D eigenvalue weighted by atomic mass is 16.5. The Kier molecular flexibility index (Phi) is 7.86. The van der Waals surface area contributed by atoms with Gasteiger partial charge in [0.2, 0.25) is 11.8 Å². The van der Waals surface area contributed by atoms with Gasteiger partial charge in [-0.05, 0) is 32.4 Å².